The molecule has 0 aliphatic carbocycles. The Kier molecular flexibility index (Phi) is 12.9. The molecular formula is C13H23ClN2O7. The predicted molar refractivity (Wildman–Crippen MR) is 81.7 cm³/mol. The number of rotatable bonds is 9. The van der Waals surface area contributed by atoms with E-state index < -0.39 is 35.9 Å². The van der Waals surface area contributed by atoms with Gasteiger partial charge >= 0.3 is 17.9 Å². The molecule has 9 nitrogen and oxygen atoms in total. The van der Waals surface area contributed by atoms with Crippen LogP contribution in [0, 0.1) is 0 Å². The minimum absolute atomic E-state index is 0. The number of hydrogen-bond donors (Lipinski definition) is 2. The molecule has 10 heteroatoms. The second-order valence-electron chi connectivity index (χ2n) is 4.43. The van der Waals surface area contributed by atoms with E-state index >= 15 is 0 Å². The Hall–Kier alpha value is -1.87. The highest BCUT2D eigenvalue weighted by Crippen LogP contribution is 2.03. The van der Waals surface area contributed by atoms with Crippen LogP contribution in [0.5, 0.6) is 0 Å². The number of carbonyl (C=O) groups excluding carboxylic acids is 4. The highest BCUT2D eigenvalue weighted by atomic mass is 35.5. The molecule has 0 radical (unpaired) electrons. The number of nitrogens with one attached hydrogen (secondary N) is 1. The van der Waals surface area contributed by atoms with Crippen molar-refractivity contribution in [2.45, 2.75) is 37.8 Å². The molecule has 0 saturated carbocycles. The zero-order valence-corrected chi connectivity index (χ0v) is 14.1. The van der Waals surface area contributed by atoms with Crippen LogP contribution in [0.25, 0.3) is 0 Å². The Morgan fingerprint density at radius 3 is 1.96 bits per heavy atom. The largest absolute Gasteiger partial charge is 0.469 e. The summed E-state index contributed by atoms with van der Waals surface area (Å²) >= 11 is 0. The molecule has 0 saturated heterocycles. The smallest absolute Gasteiger partial charge is 0.328 e. The standard InChI is InChI=1S/C13H22N2O7.ClH/c1-20-11(17)7-5-9(13(19)22-3)15-10(16)6-4-8(14)12(18)21-2;/h8-9H,4-7,14H2,1-3H3,(H,15,16);1H. The third-order valence-electron chi connectivity index (χ3n) is 2.87. The molecule has 0 aliphatic rings. The van der Waals surface area contributed by atoms with Gasteiger partial charge in [-0.25, -0.2) is 4.79 Å². The van der Waals surface area contributed by atoms with Crippen LogP contribution in [0.1, 0.15) is 25.7 Å². The lowest BCUT2D eigenvalue weighted by molar-refractivity contribution is -0.147. The number of methoxy groups -OCH3 is 3. The second kappa shape index (κ2) is 12.7. The molecule has 0 aromatic rings. The van der Waals surface area contributed by atoms with E-state index in [2.05, 4.69) is 19.5 Å². The maximum absolute atomic E-state index is 11.8. The number of nitrogens with two attached hydrogens (primary N) is 1. The van der Waals surface area contributed by atoms with Crippen molar-refractivity contribution in [1.82, 2.24) is 5.32 Å². The Morgan fingerprint density at radius 1 is 0.913 bits per heavy atom. The van der Waals surface area contributed by atoms with Gasteiger partial charge in [0.2, 0.25) is 5.91 Å². The molecule has 0 spiro atoms. The predicted octanol–water partition coefficient (Wildman–Crippen LogP) is -0.700. The summed E-state index contributed by atoms with van der Waals surface area (Å²) in [6, 6.07) is -1.88. The van der Waals surface area contributed by atoms with Crippen LogP contribution >= 0.6 is 12.4 Å². The van der Waals surface area contributed by atoms with Crippen LogP contribution in [0.2, 0.25) is 0 Å². The fourth-order valence-corrected chi connectivity index (χ4v) is 1.58. The molecule has 1 amide bonds. The van der Waals surface area contributed by atoms with Gasteiger partial charge in [-0.15, -0.1) is 12.4 Å². The van der Waals surface area contributed by atoms with E-state index in [-0.39, 0.29) is 38.1 Å². The normalized spacial score (nSPS) is 12.2. The third kappa shape index (κ3) is 9.69. The topological polar surface area (TPSA) is 134 Å². The summed E-state index contributed by atoms with van der Waals surface area (Å²) in [6.07, 6.45) is 0.0117. The monoisotopic (exact) mass is 354 g/mol. The van der Waals surface area contributed by atoms with Crippen molar-refractivity contribution in [2.75, 3.05) is 21.3 Å². The van der Waals surface area contributed by atoms with Gasteiger partial charge in [0, 0.05) is 12.8 Å². The molecule has 0 heterocycles. The lowest BCUT2D eigenvalue weighted by atomic mass is 10.1. The Bertz CT molecular complexity index is 417. The van der Waals surface area contributed by atoms with Gasteiger partial charge in [0.15, 0.2) is 0 Å². The van der Waals surface area contributed by atoms with Gasteiger partial charge in [-0.05, 0) is 12.8 Å². The quantitative estimate of drug-likeness (QED) is 0.410. The molecule has 0 fully saturated rings. The number of amides is 1. The van der Waals surface area contributed by atoms with Crippen LogP contribution in [0.4, 0.5) is 0 Å². The van der Waals surface area contributed by atoms with Crippen molar-refractivity contribution in [2.24, 2.45) is 5.73 Å². The lowest BCUT2D eigenvalue weighted by Crippen LogP contribution is -2.42. The van der Waals surface area contributed by atoms with Crippen LogP contribution in [-0.2, 0) is 33.4 Å². The van der Waals surface area contributed by atoms with E-state index in [9.17, 15) is 19.2 Å². The Labute approximate surface area is 140 Å². The highest BCUT2D eigenvalue weighted by molar-refractivity contribution is 5.86. The van der Waals surface area contributed by atoms with E-state index in [0.29, 0.717) is 0 Å². The van der Waals surface area contributed by atoms with E-state index in [1.165, 1.54) is 21.3 Å². The summed E-state index contributed by atoms with van der Waals surface area (Å²) in [4.78, 5) is 45.5. The van der Waals surface area contributed by atoms with Crippen LogP contribution in [-0.4, -0.2) is 57.2 Å². The van der Waals surface area contributed by atoms with Crippen molar-refractivity contribution in [1.29, 1.82) is 0 Å². The molecule has 23 heavy (non-hydrogen) atoms. The Morgan fingerprint density at radius 2 is 1.48 bits per heavy atom. The third-order valence-corrected chi connectivity index (χ3v) is 2.87. The summed E-state index contributed by atoms with van der Waals surface area (Å²) < 4.78 is 13.5. The molecule has 3 N–H and O–H groups in total. The molecule has 0 aromatic heterocycles. The summed E-state index contributed by atoms with van der Waals surface area (Å²) in [6.45, 7) is 0. The number of esters is 3. The molecule has 0 bridgehead atoms. The van der Waals surface area contributed by atoms with Gasteiger partial charge in [0.05, 0.1) is 21.3 Å². The van der Waals surface area contributed by atoms with E-state index in [4.69, 9.17) is 5.73 Å². The number of ether oxygens (including phenoxy) is 3. The first kappa shape index (κ1) is 23.4. The minimum atomic E-state index is -0.967. The summed E-state index contributed by atoms with van der Waals surface area (Å²) in [7, 11) is 3.59. The van der Waals surface area contributed by atoms with Gasteiger partial charge in [0.1, 0.15) is 12.1 Å². The molecular weight excluding hydrogens is 332 g/mol. The average molecular weight is 355 g/mol. The van der Waals surface area contributed by atoms with Gasteiger partial charge in [0.25, 0.3) is 0 Å². The molecule has 0 aliphatic heterocycles. The van der Waals surface area contributed by atoms with Gasteiger partial charge in [-0.3, -0.25) is 14.4 Å². The first-order valence-electron chi connectivity index (χ1n) is 6.63. The lowest BCUT2D eigenvalue weighted by Gasteiger charge is -2.16. The molecule has 0 aromatic carbocycles. The summed E-state index contributed by atoms with van der Waals surface area (Å²) in [5.41, 5.74) is 5.50. The Balaban J connectivity index is 0. The first-order chi connectivity index (χ1) is 10.3. The van der Waals surface area contributed by atoms with E-state index in [0.717, 1.165) is 0 Å². The van der Waals surface area contributed by atoms with Crippen molar-refractivity contribution in [3.63, 3.8) is 0 Å². The van der Waals surface area contributed by atoms with Gasteiger partial charge in [-0.2, -0.15) is 0 Å². The summed E-state index contributed by atoms with van der Waals surface area (Å²) in [5, 5.41) is 2.43. The number of carbonyl (C=O) groups is 4. The minimum Gasteiger partial charge on any atom is -0.469 e. The number of hydrogen-bond acceptors (Lipinski definition) is 8. The molecule has 2 atom stereocenters. The molecule has 0 rings (SSSR count). The number of halogens is 1. The maximum Gasteiger partial charge on any atom is 0.328 e. The molecule has 2 unspecified atom stereocenters. The van der Waals surface area contributed by atoms with E-state index in [1.54, 1.807) is 0 Å². The van der Waals surface area contributed by atoms with Crippen LogP contribution in [0.15, 0.2) is 0 Å². The van der Waals surface area contributed by atoms with Crippen LogP contribution in [0.3, 0.4) is 0 Å². The van der Waals surface area contributed by atoms with Crippen LogP contribution < -0.4 is 11.1 Å². The highest BCUT2D eigenvalue weighted by Gasteiger charge is 2.23. The maximum atomic E-state index is 11.8. The van der Waals surface area contributed by atoms with Crippen molar-refractivity contribution in [3.05, 3.63) is 0 Å². The van der Waals surface area contributed by atoms with Crippen molar-refractivity contribution >= 4 is 36.2 Å². The summed E-state index contributed by atoms with van der Waals surface area (Å²) in [5.74, 6) is -2.28. The zero-order chi connectivity index (χ0) is 17.1. The van der Waals surface area contributed by atoms with E-state index in [1.807, 2.05) is 0 Å². The second-order valence-corrected chi connectivity index (χ2v) is 4.43. The average Bonchev–Trinajstić information content (AvgIpc) is 2.54. The van der Waals surface area contributed by atoms with Gasteiger partial charge < -0.3 is 25.3 Å². The molecule has 134 valence electrons. The van der Waals surface area contributed by atoms with Crippen molar-refractivity contribution < 1.29 is 33.4 Å². The fourth-order valence-electron chi connectivity index (χ4n) is 1.58. The van der Waals surface area contributed by atoms with Gasteiger partial charge in [-0.1, -0.05) is 0 Å². The zero-order valence-electron chi connectivity index (χ0n) is 13.3. The fraction of sp³-hybridized carbons (Fsp3) is 0.692. The SMILES string of the molecule is COC(=O)CCC(NC(=O)CCC(N)C(=O)OC)C(=O)OC.Cl. The first-order valence-corrected chi connectivity index (χ1v) is 6.63. The van der Waals surface area contributed by atoms with Crippen molar-refractivity contribution in [3.8, 4) is 0 Å².